The van der Waals surface area contributed by atoms with Gasteiger partial charge in [0.25, 0.3) is 5.91 Å². The summed E-state index contributed by atoms with van der Waals surface area (Å²) >= 11 is 1.53. The van der Waals surface area contributed by atoms with Gasteiger partial charge < -0.3 is 4.57 Å². The van der Waals surface area contributed by atoms with Gasteiger partial charge in [0.15, 0.2) is 4.80 Å². The van der Waals surface area contributed by atoms with Crippen LogP contribution in [0.3, 0.4) is 0 Å². The molecule has 0 saturated heterocycles. The molecule has 5 nitrogen and oxygen atoms in total. The molecule has 0 aliphatic carbocycles. The minimum absolute atomic E-state index is 0.272. The van der Waals surface area contributed by atoms with Gasteiger partial charge >= 0.3 is 0 Å². The first kappa shape index (κ1) is 13.8. The van der Waals surface area contributed by atoms with Gasteiger partial charge in [-0.3, -0.25) is 9.48 Å². The third-order valence-electron chi connectivity index (χ3n) is 3.47. The van der Waals surface area contributed by atoms with Crippen molar-refractivity contribution >= 4 is 27.5 Å². The average Bonchev–Trinajstić information content (AvgIpc) is 2.94. The van der Waals surface area contributed by atoms with Crippen molar-refractivity contribution in [2.45, 2.75) is 13.8 Å². The van der Waals surface area contributed by atoms with Crippen LogP contribution in [0.1, 0.15) is 21.6 Å². The lowest BCUT2D eigenvalue weighted by atomic mass is 10.1. The molecule has 0 fully saturated rings. The molecule has 3 aromatic rings. The molecule has 1 aromatic carbocycles. The third kappa shape index (κ3) is 2.31. The lowest BCUT2D eigenvalue weighted by Gasteiger charge is -2.01. The van der Waals surface area contributed by atoms with E-state index in [0.717, 1.165) is 10.2 Å². The second kappa shape index (κ2) is 4.96. The molecule has 1 amide bonds. The predicted octanol–water partition coefficient (Wildman–Crippen LogP) is 2.33. The molecule has 0 aliphatic rings. The Hall–Kier alpha value is -2.21. The fourth-order valence-electron chi connectivity index (χ4n) is 2.52. The average molecular weight is 300 g/mol. The van der Waals surface area contributed by atoms with E-state index >= 15 is 0 Å². The number of carbonyl (C=O) groups excluding carboxylic acids is 1. The second-order valence-electron chi connectivity index (χ2n) is 5.13. The van der Waals surface area contributed by atoms with E-state index in [9.17, 15) is 4.79 Å². The van der Waals surface area contributed by atoms with Gasteiger partial charge in [-0.1, -0.05) is 17.4 Å². The Morgan fingerprint density at radius 3 is 2.71 bits per heavy atom. The van der Waals surface area contributed by atoms with Crippen molar-refractivity contribution in [3.8, 4) is 0 Å². The molecule has 0 saturated carbocycles. The highest BCUT2D eigenvalue weighted by Gasteiger charge is 2.11. The molecule has 0 atom stereocenters. The molecule has 0 spiro atoms. The summed E-state index contributed by atoms with van der Waals surface area (Å²) in [6.07, 6.45) is 1.60. The summed E-state index contributed by atoms with van der Waals surface area (Å²) < 4.78 is 4.66. The molecule has 2 aromatic heterocycles. The van der Waals surface area contributed by atoms with Gasteiger partial charge in [-0.15, -0.1) is 0 Å². The summed E-state index contributed by atoms with van der Waals surface area (Å²) in [5.74, 6) is -0.272. The Labute approximate surface area is 126 Å². The van der Waals surface area contributed by atoms with Crippen LogP contribution >= 0.6 is 11.3 Å². The largest absolute Gasteiger partial charge is 0.319 e. The first-order valence-corrected chi connectivity index (χ1v) is 7.43. The van der Waals surface area contributed by atoms with Crippen LogP contribution < -0.4 is 4.80 Å². The van der Waals surface area contributed by atoms with Crippen LogP contribution in [0.5, 0.6) is 0 Å². The predicted molar refractivity (Wildman–Crippen MR) is 83.4 cm³/mol. The summed E-state index contributed by atoms with van der Waals surface area (Å²) in [5, 5.41) is 4.00. The van der Waals surface area contributed by atoms with E-state index in [0.29, 0.717) is 10.5 Å². The molecular formula is C15H16N4OS. The van der Waals surface area contributed by atoms with E-state index in [2.05, 4.69) is 36.1 Å². The Kier molecular flexibility index (Phi) is 3.25. The lowest BCUT2D eigenvalue weighted by molar-refractivity contribution is 0.0989. The van der Waals surface area contributed by atoms with Gasteiger partial charge in [0, 0.05) is 20.3 Å². The van der Waals surface area contributed by atoms with Crippen molar-refractivity contribution in [2.24, 2.45) is 19.1 Å². The van der Waals surface area contributed by atoms with Gasteiger partial charge in [-0.05, 0) is 37.1 Å². The van der Waals surface area contributed by atoms with Crippen molar-refractivity contribution in [1.29, 1.82) is 0 Å². The molecule has 108 valence electrons. The topological polar surface area (TPSA) is 52.2 Å². The molecule has 0 unspecified atom stereocenters. The molecular weight excluding hydrogens is 284 g/mol. The van der Waals surface area contributed by atoms with Crippen molar-refractivity contribution in [3.05, 3.63) is 46.0 Å². The number of hydrogen-bond acceptors (Lipinski definition) is 3. The smallest absolute Gasteiger partial charge is 0.297 e. The van der Waals surface area contributed by atoms with Gasteiger partial charge in [0.2, 0.25) is 0 Å². The minimum Gasteiger partial charge on any atom is -0.319 e. The fourth-order valence-corrected chi connectivity index (χ4v) is 3.71. The molecule has 21 heavy (non-hydrogen) atoms. The summed E-state index contributed by atoms with van der Waals surface area (Å²) in [7, 11) is 3.68. The number of thiazole rings is 1. The van der Waals surface area contributed by atoms with Gasteiger partial charge in [-0.2, -0.15) is 10.1 Å². The van der Waals surface area contributed by atoms with Crippen molar-refractivity contribution < 1.29 is 4.79 Å². The number of rotatable bonds is 1. The molecule has 3 rings (SSSR count). The number of benzene rings is 1. The zero-order valence-electron chi connectivity index (χ0n) is 12.4. The van der Waals surface area contributed by atoms with Crippen LogP contribution in [0, 0.1) is 13.8 Å². The minimum atomic E-state index is -0.272. The first-order valence-electron chi connectivity index (χ1n) is 6.61. The summed E-state index contributed by atoms with van der Waals surface area (Å²) in [4.78, 5) is 17.2. The van der Waals surface area contributed by atoms with Crippen LogP contribution in [0.2, 0.25) is 0 Å². The highest BCUT2D eigenvalue weighted by Crippen LogP contribution is 2.22. The van der Waals surface area contributed by atoms with Gasteiger partial charge in [0.1, 0.15) is 5.69 Å². The van der Waals surface area contributed by atoms with Crippen molar-refractivity contribution in [1.82, 2.24) is 14.3 Å². The SMILES string of the molecule is Cc1cc(C)c2c(c1)sc(=NC(=O)c1ccnn1C)n2C. The first-order chi connectivity index (χ1) is 9.97. The van der Waals surface area contributed by atoms with Crippen LogP contribution in [-0.4, -0.2) is 20.3 Å². The second-order valence-corrected chi connectivity index (χ2v) is 6.14. The van der Waals surface area contributed by atoms with Crippen LogP contribution in [-0.2, 0) is 14.1 Å². The van der Waals surface area contributed by atoms with E-state index in [1.54, 1.807) is 19.3 Å². The number of carbonyl (C=O) groups is 1. The van der Waals surface area contributed by atoms with E-state index < -0.39 is 0 Å². The fraction of sp³-hybridized carbons (Fsp3) is 0.267. The quantitative estimate of drug-likeness (QED) is 0.692. The third-order valence-corrected chi connectivity index (χ3v) is 4.55. The molecule has 0 radical (unpaired) electrons. The number of aryl methyl sites for hydroxylation is 4. The number of nitrogens with zero attached hydrogens (tertiary/aromatic N) is 4. The standard InChI is InChI=1S/C15H16N4OS/c1-9-7-10(2)13-12(8-9)21-15(18(13)3)17-14(20)11-5-6-16-19(11)4/h5-8H,1-4H3. The maximum absolute atomic E-state index is 12.2. The van der Waals surface area contributed by atoms with Gasteiger partial charge in [0.05, 0.1) is 10.2 Å². The number of fused-ring (bicyclic) bond motifs is 1. The van der Waals surface area contributed by atoms with Crippen LogP contribution in [0.15, 0.2) is 29.4 Å². The molecule has 0 N–H and O–H groups in total. The van der Waals surface area contributed by atoms with E-state index in [-0.39, 0.29) is 5.91 Å². The Morgan fingerprint density at radius 1 is 1.29 bits per heavy atom. The van der Waals surface area contributed by atoms with Crippen molar-refractivity contribution in [3.63, 3.8) is 0 Å². The van der Waals surface area contributed by atoms with Crippen LogP contribution in [0.4, 0.5) is 0 Å². The molecule has 2 heterocycles. The Bertz CT molecular complexity index is 914. The lowest BCUT2D eigenvalue weighted by Crippen LogP contribution is -2.15. The van der Waals surface area contributed by atoms with E-state index in [1.165, 1.54) is 27.1 Å². The van der Waals surface area contributed by atoms with Gasteiger partial charge in [-0.25, -0.2) is 0 Å². The molecule has 0 aliphatic heterocycles. The Balaban J connectivity index is 2.19. The number of hydrogen-bond donors (Lipinski definition) is 0. The maximum Gasteiger partial charge on any atom is 0.297 e. The van der Waals surface area contributed by atoms with E-state index in [1.807, 2.05) is 11.6 Å². The Morgan fingerprint density at radius 2 is 2.05 bits per heavy atom. The summed E-state index contributed by atoms with van der Waals surface area (Å²) in [6.45, 7) is 4.15. The normalized spacial score (nSPS) is 12.3. The zero-order chi connectivity index (χ0) is 15.1. The van der Waals surface area contributed by atoms with E-state index in [4.69, 9.17) is 0 Å². The molecule has 6 heteroatoms. The van der Waals surface area contributed by atoms with Crippen LogP contribution in [0.25, 0.3) is 10.2 Å². The monoisotopic (exact) mass is 300 g/mol. The zero-order valence-corrected chi connectivity index (χ0v) is 13.2. The number of amides is 1. The number of aromatic nitrogens is 3. The molecule has 0 bridgehead atoms. The van der Waals surface area contributed by atoms with Crippen molar-refractivity contribution in [2.75, 3.05) is 0 Å². The summed E-state index contributed by atoms with van der Waals surface area (Å²) in [5.41, 5.74) is 4.02. The highest BCUT2D eigenvalue weighted by molar-refractivity contribution is 7.16. The highest BCUT2D eigenvalue weighted by atomic mass is 32.1. The maximum atomic E-state index is 12.2. The summed E-state index contributed by atoms with van der Waals surface area (Å²) in [6, 6.07) is 5.94.